The molecule has 2 heteroatoms. The summed E-state index contributed by atoms with van der Waals surface area (Å²) < 4.78 is 0. The van der Waals surface area contributed by atoms with Crippen LogP contribution < -0.4 is 5.32 Å². The van der Waals surface area contributed by atoms with Crippen LogP contribution in [0, 0.1) is 0 Å². The van der Waals surface area contributed by atoms with Crippen molar-refractivity contribution in [1.82, 2.24) is 5.32 Å². The Labute approximate surface area is 99.1 Å². The summed E-state index contributed by atoms with van der Waals surface area (Å²) in [7, 11) is 0. The summed E-state index contributed by atoms with van der Waals surface area (Å²) in [6.07, 6.45) is 12.2. The number of hydrogen-bond acceptors (Lipinski definition) is 2. The largest absolute Gasteiger partial charge is 0.390 e. The number of piperidine rings is 1. The van der Waals surface area contributed by atoms with Crippen LogP contribution in [0.1, 0.15) is 57.8 Å². The fourth-order valence-corrected chi connectivity index (χ4v) is 3.35. The average Bonchev–Trinajstić information content (AvgIpc) is 2.58. The summed E-state index contributed by atoms with van der Waals surface area (Å²) in [5.41, 5.74) is -0.356. The zero-order chi connectivity index (χ0) is 11.4. The van der Waals surface area contributed by atoms with Gasteiger partial charge < -0.3 is 10.4 Å². The van der Waals surface area contributed by atoms with Gasteiger partial charge in [0.1, 0.15) is 0 Å². The summed E-state index contributed by atoms with van der Waals surface area (Å²) in [5.74, 6) is 0. The standard InChI is InChI=1S/C14H25NO/c1-2-3-4-5-6-9-14(16)10-12-7-8-13(11-14)15-12/h2,12-13,15-16H,1,3-11H2. The van der Waals surface area contributed by atoms with Crippen molar-refractivity contribution in [2.45, 2.75) is 75.5 Å². The van der Waals surface area contributed by atoms with E-state index in [1.165, 1.54) is 32.1 Å². The predicted octanol–water partition coefficient (Wildman–Crippen LogP) is 2.77. The van der Waals surface area contributed by atoms with E-state index in [0.717, 1.165) is 25.7 Å². The highest BCUT2D eigenvalue weighted by molar-refractivity contribution is 4.99. The number of hydrogen-bond donors (Lipinski definition) is 2. The van der Waals surface area contributed by atoms with Gasteiger partial charge in [-0.1, -0.05) is 18.9 Å². The molecule has 2 bridgehead atoms. The van der Waals surface area contributed by atoms with Crippen LogP contribution >= 0.6 is 0 Å². The van der Waals surface area contributed by atoms with Gasteiger partial charge in [0.05, 0.1) is 5.60 Å². The lowest BCUT2D eigenvalue weighted by molar-refractivity contribution is -0.0159. The molecule has 0 saturated carbocycles. The molecule has 2 nitrogen and oxygen atoms in total. The van der Waals surface area contributed by atoms with Crippen LogP contribution in [-0.2, 0) is 0 Å². The Morgan fingerprint density at radius 2 is 1.88 bits per heavy atom. The van der Waals surface area contributed by atoms with Gasteiger partial charge in [-0.2, -0.15) is 0 Å². The van der Waals surface area contributed by atoms with Gasteiger partial charge >= 0.3 is 0 Å². The van der Waals surface area contributed by atoms with Gasteiger partial charge in [0, 0.05) is 12.1 Å². The molecule has 2 aliphatic heterocycles. The van der Waals surface area contributed by atoms with Gasteiger partial charge in [0.2, 0.25) is 0 Å². The number of allylic oxidation sites excluding steroid dienone is 1. The van der Waals surface area contributed by atoms with Crippen LogP contribution in [0.25, 0.3) is 0 Å². The molecule has 2 rings (SSSR count). The van der Waals surface area contributed by atoms with Crippen molar-refractivity contribution in [3.8, 4) is 0 Å². The van der Waals surface area contributed by atoms with E-state index >= 15 is 0 Å². The van der Waals surface area contributed by atoms with Gasteiger partial charge in [-0.15, -0.1) is 6.58 Å². The Hall–Kier alpha value is -0.340. The second-order valence-corrected chi connectivity index (χ2v) is 5.66. The Balaban J connectivity index is 1.69. The lowest BCUT2D eigenvalue weighted by atomic mass is 9.83. The molecule has 0 radical (unpaired) electrons. The molecule has 2 unspecified atom stereocenters. The molecular formula is C14H25NO. The highest BCUT2D eigenvalue weighted by Crippen LogP contribution is 2.36. The minimum absolute atomic E-state index is 0.356. The lowest BCUT2D eigenvalue weighted by Gasteiger charge is -2.37. The SMILES string of the molecule is C=CCCCCCC1(O)CC2CCC(C1)N2. The Kier molecular flexibility index (Phi) is 4.04. The predicted molar refractivity (Wildman–Crippen MR) is 67.4 cm³/mol. The Morgan fingerprint density at radius 3 is 2.50 bits per heavy atom. The first-order valence-corrected chi connectivity index (χ1v) is 6.81. The van der Waals surface area contributed by atoms with Crippen molar-refractivity contribution in [2.24, 2.45) is 0 Å². The molecule has 2 aliphatic rings. The molecule has 2 fully saturated rings. The normalized spacial score (nSPS) is 37.6. The fourth-order valence-electron chi connectivity index (χ4n) is 3.35. The van der Waals surface area contributed by atoms with Crippen LogP contribution in [-0.4, -0.2) is 22.8 Å². The number of unbranched alkanes of at least 4 members (excludes halogenated alkanes) is 3. The van der Waals surface area contributed by atoms with E-state index in [4.69, 9.17) is 0 Å². The van der Waals surface area contributed by atoms with E-state index < -0.39 is 0 Å². The van der Waals surface area contributed by atoms with E-state index in [1.807, 2.05) is 6.08 Å². The van der Waals surface area contributed by atoms with E-state index in [2.05, 4.69) is 11.9 Å². The minimum atomic E-state index is -0.356. The van der Waals surface area contributed by atoms with Crippen molar-refractivity contribution in [2.75, 3.05) is 0 Å². The first-order valence-electron chi connectivity index (χ1n) is 6.81. The van der Waals surface area contributed by atoms with Crippen molar-refractivity contribution in [1.29, 1.82) is 0 Å². The zero-order valence-electron chi connectivity index (χ0n) is 10.3. The quantitative estimate of drug-likeness (QED) is 0.536. The lowest BCUT2D eigenvalue weighted by Crippen LogP contribution is -2.48. The number of aliphatic hydroxyl groups is 1. The fraction of sp³-hybridized carbons (Fsp3) is 0.857. The van der Waals surface area contributed by atoms with Crippen LogP contribution in [0.15, 0.2) is 12.7 Å². The molecule has 0 aromatic rings. The molecule has 92 valence electrons. The molecule has 0 aromatic heterocycles. The molecule has 0 aromatic carbocycles. The summed E-state index contributed by atoms with van der Waals surface area (Å²) in [5, 5.41) is 14.1. The van der Waals surface area contributed by atoms with Crippen molar-refractivity contribution >= 4 is 0 Å². The van der Waals surface area contributed by atoms with E-state index in [9.17, 15) is 5.11 Å². The minimum Gasteiger partial charge on any atom is -0.390 e. The van der Waals surface area contributed by atoms with Crippen molar-refractivity contribution in [3.05, 3.63) is 12.7 Å². The third-order valence-corrected chi connectivity index (χ3v) is 4.14. The summed E-state index contributed by atoms with van der Waals surface area (Å²) in [6, 6.07) is 1.19. The molecule has 2 atom stereocenters. The summed E-state index contributed by atoms with van der Waals surface area (Å²) in [6.45, 7) is 3.73. The first kappa shape index (κ1) is 12.1. The zero-order valence-corrected chi connectivity index (χ0v) is 10.3. The van der Waals surface area contributed by atoms with Crippen LogP contribution in [0.2, 0.25) is 0 Å². The number of fused-ring (bicyclic) bond motifs is 2. The topological polar surface area (TPSA) is 32.3 Å². The summed E-state index contributed by atoms with van der Waals surface area (Å²) >= 11 is 0. The highest BCUT2D eigenvalue weighted by atomic mass is 16.3. The van der Waals surface area contributed by atoms with Gasteiger partial charge in [0.25, 0.3) is 0 Å². The van der Waals surface area contributed by atoms with Gasteiger partial charge in [0.15, 0.2) is 0 Å². The highest BCUT2D eigenvalue weighted by Gasteiger charge is 2.41. The maximum absolute atomic E-state index is 10.5. The number of nitrogens with one attached hydrogen (secondary N) is 1. The van der Waals surface area contributed by atoms with E-state index in [1.54, 1.807) is 0 Å². The number of rotatable bonds is 6. The maximum Gasteiger partial charge on any atom is 0.0677 e. The van der Waals surface area contributed by atoms with Gasteiger partial charge in [-0.3, -0.25) is 0 Å². The van der Waals surface area contributed by atoms with Crippen LogP contribution in [0.3, 0.4) is 0 Å². The molecular weight excluding hydrogens is 198 g/mol. The first-order chi connectivity index (χ1) is 7.72. The van der Waals surface area contributed by atoms with Gasteiger partial charge in [-0.05, 0) is 44.9 Å². The smallest absolute Gasteiger partial charge is 0.0677 e. The average molecular weight is 223 g/mol. The van der Waals surface area contributed by atoms with E-state index in [0.29, 0.717) is 12.1 Å². The van der Waals surface area contributed by atoms with Crippen molar-refractivity contribution < 1.29 is 5.11 Å². The Morgan fingerprint density at radius 1 is 1.19 bits per heavy atom. The molecule has 2 heterocycles. The third kappa shape index (κ3) is 3.08. The molecule has 2 N–H and O–H groups in total. The monoisotopic (exact) mass is 223 g/mol. The second kappa shape index (κ2) is 5.33. The maximum atomic E-state index is 10.5. The summed E-state index contributed by atoms with van der Waals surface area (Å²) in [4.78, 5) is 0. The third-order valence-electron chi connectivity index (χ3n) is 4.14. The Bertz CT molecular complexity index is 227. The molecule has 0 amide bonds. The van der Waals surface area contributed by atoms with Crippen LogP contribution in [0.4, 0.5) is 0 Å². The molecule has 2 saturated heterocycles. The molecule has 16 heavy (non-hydrogen) atoms. The molecule has 0 aliphatic carbocycles. The van der Waals surface area contributed by atoms with Crippen molar-refractivity contribution in [3.63, 3.8) is 0 Å². The van der Waals surface area contributed by atoms with Crippen LogP contribution in [0.5, 0.6) is 0 Å². The second-order valence-electron chi connectivity index (χ2n) is 5.66. The van der Waals surface area contributed by atoms with Gasteiger partial charge in [-0.25, -0.2) is 0 Å². The molecule has 0 spiro atoms. The van der Waals surface area contributed by atoms with E-state index in [-0.39, 0.29) is 5.60 Å².